The number of rotatable bonds is 2. The van der Waals surface area contributed by atoms with E-state index in [-0.39, 0.29) is 29.0 Å². The standard InChI is InChI=1S/C12H17N5O3/c1-8-7-16(4-3-15(8)2)12(18)10-5-9(17(19)20)6-14-11(10)13/h5-6,8H,3-4,7H2,1-2H3,(H2,13,14). The minimum absolute atomic E-state index is 0.0205. The molecule has 1 amide bonds. The van der Waals surface area contributed by atoms with Gasteiger partial charge < -0.3 is 15.5 Å². The quantitative estimate of drug-likeness (QED) is 0.618. The first kappa shape index (κ1) is 14.2. The van der Waals surface area contributed by atoms with Crippen LogP contribution in [0.1, 0.15) is 17.3 Å². The van der Waals surface area contributed by atoms with Crippen molar-refractivity contribution in [1.82, 2.24) is 14.8 Å². The van der Waals surface area contributed by atoms with Crippen LogP contribution >= 0.6 is 0 Å². The third-order valence-corrected chi connectivity index (χ3v) is 3.59. The monoisotopic (exact) mass is 279 g/mol. The van der Waals surface area contributed by atoms with Gasteiger partial charge in [-0.05, 0) is 14.0 Å². The van der Waals surface area contributed by atoms with Crippen molar-refractivity contribution < 1.29 is 9.72 Å². The van der Waals surface area contributed by atoms with Gasteiger partial charge in [0, 0.05) is 31.7 Å². The molecule has 2 N–H and O–H groups in total. The number of nitrogens with two attached hydrogens (primary N) is 1. The maximum atomic E-state index is 12.4. The van der Waals surface area contributed by atoms with Crippen molar-refractivity contribution >= 4 is 17.4 Å². The lowest BCUT2D eigenvalue weighted by Crippen LogP contribution is -2.52. The summed E-state index contributed by atoms with van der Waals surface area (Å²) in [4.78, 5) is 30.1. The molecule has 0 spiro atoms. The first-order valence-electron chi connectivity index (χ1n) is 6.29. The molecule has 0 radical (unpaired) electrons. The normalized spacial score (nSPS) is 19.9. The highest BCUT2D eigenvalue weighted by Gasteiger charge is 2.27. The Morgan fingerprint density at radius 3 is 2.85 bits per heavy atom. The molecule has 0 aromatic carbocycles. The molecule has 1 aromatic heterocycles. The van der Waals surface area contributed by atoms with Crippen molar-refractivity contribution in [2.45, 2.75) is 13.0 Å². The summed E-state index contributed by atoms with van der Waals surface area (Å²) >= 11 is 0. The fraction of sp³-hybridized carbons (Fsp3) is 0.500. The van der Waals surface area contributed by atoms with Gasteiger partial charge in [0.1, 0.15) is 12.0 Å². The van der Waals surface area contributed by atoms with Gasteiger partial charge in [0.25, 0.3) is 11.6 Å². The first-order valence-corrected chi connectivity index (χ1v) is 6.29. The second-order valence-corrected chi connectivity index (χ2v) is 4.96. The van der Waals surface area contributed by atoms with Crippen molar-refractivity contribution in [3.8, 4) is 0 Å². The largest absolute Gasteiger partial charge is 0.383 e. The second-order valence-electron chi connectivity index (χ2n) is 4.96. The van der Waals surface area contributed by atoms with E-state index < -0.39 is 4.92 Å². The number of amides is 1. The molecule has 0 saturated carbocycles. The minimum atomic E-state index is -0.587. The predicted octanol–water partition coefficient (Wildman–Crippen LogP) is 0.348. The average molecular weight is 279 g/mol. The summed E-state index contributed by atoms with van der Waals surface area (Å²) < 4.78 is 0. The highest BCUT2D eigenvalue weighted by Crippen LogP contribution is 2.20. The summed E-state index contributed by atoms with van der Waals surface area (Å²) in [5.41, 5.74) is 5.53. The van der Waals surface area contributed by atoms with E-state index in [1.165, 1.54) is 6.07 Å². The molecular formula is C12H17N5O3. The SMILES string of the molecule is CC1CN(C(=O)c2cc([N+](=O)[O-])cnc2N)CCN1C. The highest BCUT2D eigenvalue weighted by molar-refractivity contribution is 5.99. The van der Waals surface area contributed by atoms with Crippen molar-refractivity contribution in [2.75, 3.05) is 32.4 Å². The van der Waals surface area contributed by atoms with Crippen LogP contribution in [0, 0.1) is 10.1 Å². The molecule has 1 aromatic rings. The van der Waals surface area contributed by atoms with Gasteiger partial charge in [0.15, 0.2) is 0 Å². The molecule has 2 rings (SSSR count). The third-order valence-electron chi connectivity index (χ3n) is 3.59. The number of hydrogen-bond acceptors (Lipinski definition) is 6. The molecule has 1 fully saturated rings. The highest BCUT2D eigenvalue weighted by atomic mass is 16.6. The number of nitrogen functional groups attached to an aromatic ring is 1. The number of carbonyl (C=O) groups is 1. The average Bonchev–Trinajstić information content (AvgIpc) is 2.41. The van der Waals surface area contributed by atoms with Gasteiger partial charge in [-0.3, -0.25) is 14.9 Å². The molecule has 0 bridgehead atoms. The molecule has 1 unspecified atom stereocenters. The lowest BCUT2D eigenvalue weighted by Gasteiger charge is -2.37. The number of hydrogen-bond donors (Lipinski definition) is 1. The number of nitro groups is 1. The Labute approximate surface area is 116 Å². The molecule has 1 atom stereocenters. The zero-order valence-corrected chi connectivity index (χ0v) is 11.4. The number of carbonyl (C=O) groups excluding carboxylic acids is 1. The zero-order valence-electron chi connectivity index (χ0n) is 11.4. The van der Waals surface area contributed by atoms with E-state index in [1.54, 1.807) is 4.90 Å². The van der Waals surface area contributed by atoms with Gasteiger partial charge in [-0.15, -0.1) is 0 Å². The van der Waals surface area contributed by atoms with Crippen molar-refractivity contribution in [1.29, 1.82) is 0 Å². The van der Waals surface area contributed by atoms with Crippen LogP contribution in [0.3, 0.4) is 0 Å². The molecule has 108 valence electrons. The van der Waals surface area contributed by atoms with Crippen LogP contribution in [-0.4, -0.2) is 58.3 Å². The Balaban J connectivity index is 2.25. The third kappa shape index (κ3) is 2.69. The Morgan fingerprint density at radius 1 is 1.55 bits per heavy atom. The van der Waals surface area contributed by atoms with Crippen molar-refractivity contribution in [2.24, 2.45) is 0 Å². The molecule has 8 nitrogen and oxygen atoms in total. The number of anilines is 1. The Morgan fingerprint density at radius 2 is 2.25 bits per heavy atom. The predicted molar refractivity (Wildman–Crippen MR) is 73.3 cm³/mol. The van der Waals surface area contributed by atoms with Gasteiger partial charge in [-0.2, -0.15) is 0 Å². The Kier molecular flexibility index (Phi) is 3.84. The van der Waals surface area contributed by atoms with Gasteiger partial charge in [-0.1, -0.05) is 0 Å². The first-order chi connectivity index (χ1) is 9.40. The molecule has 1 saturated heterocycles. The number of pyridine rings is 1. The van der Waals surface area contributed by atoms with Crippen LogP contribution in [0.4, 0.5) is 11.5 Å². The van der Waals surface area contributed by atoms with Crippen LogP contribution < -0.4 is 5.73 Å². The maximum absolute atomic E-state index is 12.4. The van der Waals surface area contributed by atoms with E-state index in [9.17, 15) is 14.9 Å². The molecule has 2 heterocycles. The molecule has 20 heavy (non-hydrogen) atoms. The van der Waals surface area contributed by atoms with Crippen molar-refractivity contribution in [3.63, 3.8) is 0 Å². The lowest BCUT2D eigenvalue weighted by molar-refractivity contribution is -0.385. The summed E-state index contributed by atoms with van der Waals surface area (Å²) in [6, 6.07) is 1.42. The lowest BCUT2D eigenvalue weighted by atomic mass is 10.1. The maximum Gasteiger partial charge on any atom is 0.288 e. The fourth-order valence-electron chi connectivity index (χ4n) is 2.14. The summed E-state index contributed by atoms with van der Waals surface area (Å²) in [5.74, 6) is -0.286. The van der Waals surface area contributed by atoms with Crippen LogP contribution in [0.2, 0.25) is 0 Å². The van der Waals surface area contributed by atoms with Gasteiger partial charge >= 0.3 is 0 Å². The van der Waals surface area contributed by atoms with Crippen LogP contribution in [0.5, 0.6) is 0 Å². The van der Waals surface area contributed by atoms with Gasteiger partial charge in [-0.25, -0.2) is 4.98 Å². The van der Waals surface area contributed by atoms with Crippen molar-refractivity contribution in [3.05, 3.63) is 27.9 Å². The van der Waals surface area contributed by atoms with E-state index in [1.807, 2.05) is 14.0 Å². The second kappa shape index (κ2) is 5.41. The molecule has 8 heteroatoms. The summed E-state index contributed by atoms with van der Waals surface area (Å²) in [7, 11) is 2.00. The molecular weight excluding hydrogens is 262 g/mol. The van der Waals surface area contributed by atoms with E-state index >= 15 is 0 Å². The van der Waals surface area contributed by atoms with Gasteiger partial charge in [0.2, 0.25) is 0 Å². The topological polar surface area (TPSA) is 106 Å². The number of piperazine rings is 1. The van der Waals surface area contributed by atoms with Crippen LogP contribution in [0.25, 0.3) is 0 Å². The number of aromatic nitrogens is 1. The zero-order chi connectivity index (χ0) is 14.9. The Hall–Kier alpha value is -2.22. The smallest absolute Gasteiger partial charge is 0.288 e. The Bertz CT molecular complexity index is 548. The number of likely N-dealkylation sites (N-methyl/N-ethyl adjacent to an activating group) is 1. The summed E-state index contributed by atoms with van der Waals surface area (Å²) in [5, 5.41) is 10.8. The van der Waals surface area contributed by atoms with Crippen LogP contribution in [-0.2, 0) is 0 Å². The fourth-order valence-corrected chi connectivity index (χ4v) is 2.14. The van der Waals surface area contributed by atoms with E-state index in [4.69, 9.17) is 5.73 Å². The van der Waals surface area contributed by atoms with E-state index in [0.29, 0.717) is 13.1 Å². The van der Waals surface area contributed by atoms with E-state index in [2.05, 4.69) is 9.88 Å². The summed E-state index contributed by atoms with van der Waals surface area (Å²) in [6.45, 7) is 3.92. The van der Waals surface area contributed by atoms with E-state index in [0.717, 1.165) is 12.7 Å². The molecule has 1 aliphatic heterocycles. The van der Waals surface area contributed by atoms with Crippen LogP contribution in [0.15, 0.2) is 12.3 Å². The number of nitrogens with zero attached hydrogens (tertiary/aromatic N) is 4. The van der Waals surface area contributed by atoms with Gasteiger partial charge in [0.05, 0.1) is 10.5 Å². The summed E-state index contributed by atoms with van der Waals surface area (Å²) in [6.07, 6.45) is 1.05. The molecule has 0 aliphatic carbocycles. The minimum Gasteiger partial charge on any atom is -0.383 e. The molecule has 1 aliphatic rings.